The molecule has 1 aliphatic heterocycles. The minimum atomic E-state index is -0.207. The van der Waals surface area contributed by atoms with E-state index in [1.165, 1.54) is 6.07 Å². The van der Waals surface area contributed by atoms with Crippen LogP contribution in [0.15, 0.2) is 28.3 Å². The molecule has 112 valence electrons. The molecular weight excluding hydrogens is 288 g/mol. The number of nitrogens with one attached hydrogen (secondary N) is 2. The average Bonchev–Trinajstić information content (AvgIpc) is 3.09. The highest BCUT2D eigenvalue weighted by Crippen LogP contribution is 2.32. The molecule has 0 aliphatic carbocycles. The van der Waals surface area contributed by atoms with Crippen LogP contribution in [0.2, 0.25) is 0 Å². The van der Waals surface area contributed by atoms with E-state index in [4.69, 9.17) is 0 Å². The quantitative estimate of drug-likeness (QED) is 0.885. The molecule has 0 radical (unpaired) electrons. The molecule has 21 heavy (non-hydrogen) atoms. The molecule has 0 bridgehead atoms. The molecule has 0 saturated carbocycles. The number of carbonyl (C=O) groups is 1. The fourth-order valence-electron chi connectivity index (χ4n) is 2.12. The number of rotatable bonds is 2. The summed E-state index contributed by atoms with van der Waals surface area (Å²) in [6.45, 7) is 4.76. The van der Waals surface area contributed by atoms with E-state index in [-0.39, 0.29) is 11.5 Å². The van der Waals surface area contributed by atoms with E-state index in [1.54, 1.807) is 31.1 Å². The number of thioether (sulfide) groups is 1. The van der Waals surface area contributed by atoms with Crippen molar-refractivity contribution < 1.29 is 4.79 Å². The number of hydrogen-bond donors (Lipinski definition) is 2. The molecule has 0 atom stereocenters. The molecule has 0 unspecified atom stereocenters. The molecule has 6 nitrogen and oxygen atoms in total. The van der Waals surface area contributed by atoms with Gasteiger partial charge >= 0.3 is 0 Å². The van der Waals surface area contributed by atoms with E-state index in [9.17, 15) is 9.59 Å². The lowest BCUT2D eigenvalue weighted by Gasteiger charge is -2.05. The minimum absolute atomic E-state index is 0.184. The fraction of sp³-hybridized carbons (Fsp3) is 0.357. The van der Waals surface area contributed by atoms with E-state index in [0.717, 1.165) is 17.5 Å². The van der Waals surface area contributed by atoms with Crippen LogP contribution in [0.25, 0.3) is 11.3 Å². The Morgan fingerprint density at radius 3 is 2.90 bits per heavy atom. The Bertz CT molecular complexity index is 705. The van der Waals surface area contributed by atoms with Gasteiger partial charge in [0.05, 0.1) is 0 Å². The van der Waals surface area contributed by atoms with Crippen molar-refractivity contribution in [2.45, 2.75) is 25.5 Å². The third-order valence-corrected chi connectivity index (χ3v) is 3.93. The van der Waals surface area contributed by atoms with Crippen molar-refractivity contribution >= 4 is 17.7 Å². The number of nitrogens with zero attached hydrogens (tertiary/aromatic N) is 2. The van der Waals surface area contributed by atoms with Gasteiger partial charge in [0.2, 0.25) is 5.56 Å². The molecule has 2 aromatic rings. The predicted octanol–water partition coefficient (Wildman–Crippen LogP) is 1.73. The summed E-state index contributed by atoms with van der Waals surface area (Å²) >= 11 is 1.62. The molecule has 2 N–H and O–H groups in total. The normalized spacial score (nSPS) is 12.3. The van der Waals surface area contributed by atoms with Crippen molar-refractivity contribution in [2.24, 2.45) is 0 Å². The Hall–Kier alpha value is -2.02. The Kier molecular flexibility index (Phi) is 4.85. The van der Waals surface area contributed by atoms with E-state index in [1.807, 2.05) is 18.4 Å². The molecule has 3 heterocycles. The van der Waals surface area contributed by atoms with Crippen LogP contribution in [0.1, 0.15) is 24.3 Å². The van der Waals surface area contributed by atoms with Crippen LogP contribution in [0.4, 0.5) is 0 Å². The molecule has 2 aromatic heterocycles. The maximum absolute atomic E-state index is 12.0. The number of fused-ring (bicyclic) bond motifs is 1. The zero-order chi connectivity index (χ0) is 15.4. The second kappa shape index (κ2) is 6.62. The second-order valence-electron chi connectivity index (χ2n) is 4.11. The number of H-pyrrole nitrogens is 1. The Labute approximate surface area is 127 Å². The second-order valence-corrected chi connectivity index (χ2v) is 5.17. The average molecular weight is 306 g/mol. The first kappa shape index (κ1) is 15.4. The third kappa shape index (κ3) is 2.87. The lowest BCUT2D eigenvalue weighted by Crippen LogP contribution is -2.22. The first-order chi connectivity index (χ1) is 10.2. The first-order valence-corrected chi connectivity index (χ1v) is 7.84. The van der Waals surface area contributed by atoms with Gasteiger partial charge in [-0.3, -0.25) is 9.59 Å². The van der Waals surface area contributed by atoms with Crippen LogP contribution >= 0.6 is 11.8 Å². The number of amides is 1. The van der Waals surface area contributed by atoms with Gasteiger partial charge in [-0.1, -0.05) is 25.6 Å². The SMILES string of the molecule is CC.CNC(=O)c1c(-c2cc[nH]c(=O)c2)nc2n1CCS2. The number of hydrogen-bond acceptors (Lipinski definition) is 4. The zero-order valence-corrected chi connectivity index (χ0v) is 13.1. The van der Waals surface area contributed by atoms with E-state index in [0.29, 0.717) is 17.0 Å². The molecule has 3 rings (SSSR count). The van der Waals surface area contributed by atoms with Gasteiger partial charge in [-0.15, -0.1) is 0 Å². The third-order valence-electron chi connectivity index (χ3n) is 2.97. The molecule has 0 fully saturated rings. The van der Waals surface area contributed by atoms with Crippen molar-refractivity contribution in [3.05, 3.63) is 34.4 Å². The topological polar surface area (TPSA) is 79.8 Å². The number of pyridine rings is 1. The maximum atomic E-state index is 12.0. The molecule has 0 aromatic carbocycles. The largest absolute Gasteiger partial charge is 0.354 e. The first-order valence-electron chi connectivity index (χ1n) is 6.85. The molecular formula is C14H18N4O2S. The van der Waals surface area contributed by atoms with Crippen molar-refractivity contribution in [1.29, 1.82) is 0 Å². The highest BCUT2D eigenvalue weighted by molar-refractivity contribution is 7.99. The standard InChI is InChI=1S/C12H12N4O2S.C2H6/c1-13-11(18)10-9(7-2-3-14-8(17)6-7)15-12-16(10)4-5-19-12;1-2/h2-3,6H,4-5H2,1H3,(H,13,18)(H,14,17);1-2H3. The fourth-order valence-corrected chi connectivity index (χ4v) is 3.07. The van der Waals surface area contributed by atoms with Gasteiger partial charge in [0.25, 0.3) is 5.91 Å². The molecule has 0 spiro atoms. The molecule has 7 heteroatoms. The van der Waals surface area contributed by atoms with Crippen molar-refractivity contribution in [1.82, 2.24) is 19.9 Å². The summed E-state index contributed by atoms with van der Waals surface area (Å²) in [7, 11) is 1.59. The summed E-state index contributed by atoms with van der Waals surface area (Å²) in [6.07, 6.45) is 1.56. The van der Waals surface area contributed by atoms with Gasteiger partial charge in [-0.25, -0.2) is 4.98 Å². The Balaban J connectivity index is 0.000000774. The highest BCUT2D eigenvalue weighted by Gasteiger charge is 2.26. The highest BCUT2D eigenvalue weighted by atomic mass is 32.2. The Morgan fingerprint density at radius 2 is 2.24 bits per heavy atom. The van der Waals surface area contributed by atoms with Crippen molar-refractivity contribution in [3.63, 3.8) is 0 Å². The van der Waals surface area contributed by atoms with Gasteiger partial charge < -0.3 is 14.9 Å². The van der Waals surface area contributed by atoms with Crippen LogP contribution in [0.5, 0.6) is 0 Å². The summed E-state index contributed by atoms with van der Waals surface area (Å²) in [5, 5.41) is 3.45. The molecule has 0 saturated heterocycles. The molecule has 1 amide bonds. The van der Waals surface area contributed by atoms with Crippen LogP contribution < -0.4 is 10.9 Å². The van der Waals surface area contributed by atoms with Crippen LogP contribution in [-0.4, -0.2) is 33.2 Å². The Morgan fingerprint density at radius 1 is 1.48 bits per heavy atom. The summed E-state index contributed by atoms with van der Waals surface area (Å²) < 4.78 is 1.90. The smallest absolute Gasteiger partial charge is 0.270 e. The summed E-state index contributed by atoms with van der Waals surface area (Å²) in [5.74, 6) is 0.735. The van der Waals surface area contributed by atoms with Crippen molar-refractivity contribution in [3.8, 4) is 11.3 Å². The van der Waals surface area contributed by atoms with Crippen molar-refractivity contribution in [2.75, 3.05) is 12.8 Å². The van der Waals surface area contributed by atoms with Crippen LogP contribution in [0, 0.1) is 0 Å². The molecule has 1 aliphatic rings. The lowest BCUT2D eigenvalue weighted by molar-refractivity contribution is 0.0954. The van der Waals surface area contributed by atoms with Gasteiger partial charge in [0.15, 0.2) is 5.16 Å². The monoisotopic (exact) mass is 306 g/mol. The summed E-state index contributed by atoms with van der Waals surface area (Å²) in [5.41, 5.74) is 1.53. The van der Waals surface area contributed by atoms with Gasteiger partial charge in [-0.05, 0) is 6.07 Å². The number of aromatic amines is 1. The van der Waals surface area contributed by atoms with E-state index < -0.39 is 0 Å². The van der Waals surface area contributed by atoms with E-state index >= 15 is 0 Å². The predicted molar refractivity (Wildman–Crippen MR) is 83.7 cm³/mol. The van der Waals surface area contributed by atoms with Gasteiger partial charge in [0, 0.05) is 37.2 Å². The number of imidazole rings is 1. The zero-order valence-electron chi connectivity index (χ0n) is 12.3. The lowest BCUT2D eigenvalue weighted by atomic mass is 10.1. The van der Waals surface area contributed by atoms with Crippen LogP contribution in [0.3, 0.4) is 0 Å². The number of carbonyl (C=O) groups excluding carboxylic acids is 1. The van der Waals surface area contributed by atoms with Gasteiger partial charge in [-0.2, -0.15) is 0 Å². The minimum Gasteiger partial charge on any atom is -0.354 e. The summed E-state index contributed by atoms with van der Waals surface area (Å²) in [4.78, 5) is 30.5. The number of aromatic nitrogens is 3. The maximum Gasteiger partial charge on any atom is 0.270 e. The summed E-state index contributed by atoms with van der Waals surface area (Å²) in [6, 6.07) is 3.20. The van der Waals surface area contributed by atoms with Gasteiger partial charge in [0.1, 0.15) is 11.4 Å². The van der Waals surface area contributed by atoms with E-state index in [2.05, 4.69) is 15.3 Å². The van der Waals surface area contributed by atoms with Crippen LogP contribution in [-0.2, 0) is 6.54 Å².